The Hall–Kier alpha value is -2.50. The lowest BCUT2D eigenvalue weighted by Gasteiger charge is -2.29. The summed E-state index contributed by atoms with van der Waals surface area (Å²) in [4.78, 5) is 27.6. The average molecular weight is 344 g/mol. The number of aromatic amines is 1. The Balaban J connectivity index is 1.81. The summed E-state index contributed by atoms with van der Waals surface area (Å²) in [6, 6.07) is 5.65. The van der Waals surface area contributed by atoms with E-state index in [9.17, 15) is 14.7 Å². The number of nitrogens with one attached hydrogen (secondary N) is 2. The van der Waals surface area contributed by atoms with E-state index in [1.54, 1.807) is 13.3 Å². The number of aromatic nitrogens is 1. The van der Waals surface area contributed by atoms with Crippen molar-refractivity contribution in [3.8, 4) is 5.75 Å². The maximum atomic E-state index is 12.6. The van der Waals surface area contributed by atoms with Crippen LogP contribution in [0.15, 0.2) is 24.4 Å². The summed E-state index contributed by atoms with van der Waals surface area (Å²) in [6.07, 6.45) is 6.58. The van der Waals surface area contributed by atoms with Gasteiger partial charge in [0.15, 0.2) is 0 Å². The van der Waals surface area contributed by atoms with Crippen LogP contribution in [0.3, 0.4) is 0 Å². The van der Waals surface area contributed by atoms with E-state index in [2.05, 4.69) is 10.3 Å². The quantitative estimate of drug-likeness (QED) is 0.727. The van der Waals surface area contributed by atoms with Crippen molar-refractivity contribution in [1.29, 1.82) is 0 Å². The molecule has 6 heteroatoms. The Morgan fingerprint density at radius 1 is 1.24 bits per heavy atom. The Morgan fingerprint density at radius 2 is 1.96 bits per heavy atom. The van der Waals surface area contributed by atoms with Gasteiger partial charge in [0, 0.05) is 17.1 Å². The number of carboxylic acids is 1. The molecule has 134 valence electrons. The number of ether oxygens (including phenoxy) is 1. The van der Waals surface area contributed by atoms with Crippen molar-refractivity contribution in [2.75, 3.05) is 7.11 Å². The molecule has 0 radical (unpaired) electrons. The molecule has 1 aliphatic carbocycles. The van der Waals surface area contributed by atoms with Crippen LogP contribution in [-0.2, 0) is 16.0 Å². The van der Waals surface area contributed by atoms with Crippen molar-refractivity contribution < 1.29 is 19.4 Å². The Bertz CT molecular complexity index is 773. The predicted molar refractivity (Wildman–Crippen MR) is 94.8 cm³/mol. The lowest BCUT2D eigenvalue weighted by Crippen LogP contribution is -2.54. The zero-order chi connectivity index (χ0) is 17.9. The van der Waals surface area contributed by atoms with Crippen LogP contribution >= 0.6 is 0 Å². The van der Waals surface area contributed by atoms with Crippen molar-refractivity contribution in [1.82, 2.24) is 10.3 Å². The molecule has 1 heterocycles. The number of carbonyl (C=O) groups is 2. The number of fused-ring (bicyclic) bond motifs is 1. The van der Waals surface area contributed by atoms with Crippen LogP contribution in [0.4, 0.5) is 0 Å². The zero-order valence-electron chi connectivity index (χ0n) is 14.4. The summed E-state index contributed by atoms with van der Waals surface area (Å²) in [6.45, 7) is 0. The summed E-state index contributed by atoms with van der Waals surface area (Å²) in [5.41, 5.74) is 0.563. The average Bonchev–Trinajstić information content (AvgIpc) is 2.84. The highest BCUT2D eigenvalue weighted by molar-refractivity contribution is 5.94. The number of H-pyrrole nitrogens is 1. The number of carbonyl (C=O) groups excluding carboxylic acids is 1. The standard InChI is InChI=1S/C19H24N2O4/c1-25-15-8-6-7-14-17(15)13(12-20-14)11-16(22)21-19(18(23)24)9-4-2-3-5-10-19/h6-8,12,20H,2-5,9-11H2,1H3,(H,21,22)(H,23,24). The molecule has 25 heavy (non-hydrogen) atoms. The van der Waals surface area contributed by atoms with Crippen LogP contribution in [0.1, 0.15) is 44.1 Å². The van der Waals surface area contributed by atoms with Crippen LogP contribution in [0.5, 0.6) is 5.75 Å². The molecular weight excluding hydrogens is 320 g/mol. The van der Waals surface area contributed by atoms with Crippen LogP contribution in [0, 0.1) is 0 Å². The first-order valence-electron chi connectivity index (χ1n) is 8.73. The monoisotopic (exact) mass is 344 g/mol. The molecular formula is C19H24N2O4. The first kappa shape index (κ1) is 17.3. The van der Waals surface area contributed by atoms with E-state index in [1.165, 1.54) is 0 Å². The molecule has 1 fully saturated rings. The SMILES string of the molecule is COc1cccc2[nH]cc(CC(=O)NC3(C(=O)O)CCCCCC3)c12. The fourth-order valence-electron chi connectivity index (χ4n) is 3.74. The second kappa shape index (κ2) is 7.17. The number of hydrogen-bond donors (Lipinski definition) is 3. The molecule has 1 aromatic carbocycles. The van der Waals surface area contributed by atoms with Crippen molar-refractivity contribution >= 4 is 22.8 Å². The molecule has 0 saturated heterocycles. The maximum absolute atomic E-state index is 12.6. The van der Waals surface area contributed by atoms with E-state index < -0.39 is 11.5 Å². The van der Waals surface area contributed by atoms with E-state index in [0.29, 0.717) is 18.6 Å². The number of benzene rings is 1. The fraction of sp³-hybridized carbons (Fsp3) is 0.474. The van der Waals surface area contributed by atoms with Gasteiger partial charge in [-0.3, -0.25) is 4.79 Å². The summed E-state index contributed by atoms with van der Waals surface area (Å²) in [5.74, 6) is -0.501. The van der Waals surface area contributed by atoms with Crippen LogP contribution in [0.2, 0.25) is 0 Å². The van der Waals surface area contributed by atoms with E-state index in [1.807, 2.05) is 18.2 Å². The minimum Gasteiger partial charge on any atom is -0.496 e. The first-order chi connectivity index (χ1) is 12.1. The minimum atomic E-state index is -1.14. The number of carboxylic acid groups (broad SMARTS) is 1. The van der Waals surface area contributed by atoms with Gasteiger partial charge in [0.05, 0.1) is 13.5 Å². The van der Waals surface area contributed by atoms with Gasteiger partial charge < -0.3 is 20.1 Å². The van der Waals surface area contributed by atoms with Gasteiger partial charge in [-0.2, -0.15) is 0 Å². The summed E-state index contributed by atoms with van der Waals surface area (Å²) in [7, 11) is 1.59. The van der Waals surface area contributed by atoms with Crippen molar-refractivity contribution in [3.05, 3.63) is 30.0 Å². The van der Waals surface area contributed by atoms with E-state index >= 15 is 0 Å². The molecule has 0 atom stereocenters. The molecule has 6 nitrogen and oxygen atoms in total. The topological polar surface area (TPSA) is 91.4 Å². The second-order valence-corrected chi connectivity index (χ2v) is 6.72. The predicted octanol–water partition coefficient (Wildman–Crippen LogP) is 3.01. The highest BCUT2D eigenvalue weighted by Gasteiger charge is 2.40. The van der Waals surface area contributed by atoms with Crippen molar-refractivity contribution in [2.24, 2.45) is 0 Å². The first-order valence-corrected chi connectivity index (χ1v) is 8.73. The van der Waals surface area contributed by atoms with Gasteiger partial charge in [0.25, 0.3) is 0 Å². The number of amides is 1. The van der Waals surface area contributed by atoms with Crippen molar-refractivity contribution in [2.45, 2.75) is 50.5 Å². The smallest absolute Gasteiger partial charge is 0.329 e. The second-order valence-electron chi connectivity index (χ2n) is 6.72. The van der Waals surface area contributed by atoms with Gasteiger partial charge in [0.2, 0.25) is 5.91 Å². The molecule has 1 amide bonds. The lowest BCUT2D eigenvalue weighted by molar-refractivity contribution is -0.148. The van der Waals surface area contributed by atoms with E-state index in [4.69, 9.17) is 4.74 Å². The molecule has 0 unspecified atom stereocenters. The summed E-state index contributed by atoms with van der Waals surface area (Å²) >= 11 is 0. The number of aliphatic carboxylic acids is 1. The molecule has 0 aliphatic heterocycles. The normalized spacial score (nSPS) is 17.0. The maximum Gasteiger partial charge on any atom is 0.329 e. The number of hydrogen-bond acceptors (Lipinski definition) is 3. The molecule has 1 aromatic heterocycles. The third-order valence-electron chi connectivity index (χ3n) is 5.07. The fourth-order valence-corrected chi connectivity index (χ4v) is 3.74. The Labute approximate surface area is 146 Å². The molecule has 2 aromatic rings. The molecule has 0 bridgehead atoms. The van der Waals surface area contributed by atoms with Crippen LogP contribution in [0.25, 0.3) is 10.9 Å². The molecule has 0 spiro atoms. The van der Waals surface area contributed by atoms with Crippen molar-refractivity contribution in [3.63, 3.8) is 0 Å². The van der Waals surface area contributed by atoms with E-state index in [0.717, 1.165) is 42.1 Å². The number of rotatable bonds is 5. The lowest BCUT2D eigenvalue weighted by atomic mass is 9.90. The third-order valence-corrected chi connectivity index (χ3v) is 5.07. The van der Waals surface area contributed by atoms with Gasteiger partial charge in [-0.25, -0.2) is 4.79 Å². The van der Waals surface area contributed by atoms with Gasteiger partial charge >= 0.3 is 5.97 Å². The van der Waals surface area contributed by atoms with E-state index in [-0.39, 0.29) is 12.3 Å². The molecule has 3 N–H and O–H groups in total. The Morgan fingerprint density at radius 3 is 2.60 bits per heavy atom. The van der Waals surface area contributed by atoms with Gasteiger partial charge in [-0.05, 0) is 30.5 Å². The van der Waals surface area contributed by atoms with Gasteiger partial charge in [-0.1, -0.05) is 31.7 Å². The zero-order valence-corrected chi connectivity index (χ0v) is 14.4. The minimum absolute atomic E-state index is 0.120. The van der Waals surface area contributed by atoms with Gasteiger partial charge in [-0.15, -0.1) is 0 Å². The van der Waals surface area contributed by atoms with Gasteiger partial charge in [0.1, 0.15) is 11.3 Å². The van der Waals surface area contributed by atoms with Crippen LogP contribution < -0.4 is 10.1 Å². The highest BCUT2D eigenvalue weighted by atomic mass is 16.5. The Kier molecular flexibility index (Phi) is 4.97. The molecule has 3 rings (SSSR count). The summed E-state index contributed by atoms with van der Waals surface area (Å²) < 4.78 is 5.39. The third kappa shape index (κ3) is 3.48. The summed E-state index contributed by atoms with van der Waals surface area (Å²) in [5, 5.41) is 13.4. The highest BCUT2D eigenvalue weighted by Crippen LogP contribution is 2.30. The van der Waals surface area contributed by atoms with Crippen LogP contribution in [-0.4, -0.2) is 34.6 Å². The number of methoxy groups -OCH3 is 1. The largest absolute Gasteiger partial charge is 0.496 e. The molecule has 1 aliphatic rings. The molecule has 1 saturated carbocycles.